The third-order valence-electron chi connectivity index (χ3n) is 1.20. The molecule has 0 spiro atoms. The summed E-state index contributed by atoms with van der Waals surface area (Å²) < 4.78 is 0. The van der Waals surface area contributed by atoms with Gasteiger partial charge in [0, 0.05) is 6.42 Å². The summed E-state index contributed by atoms with van der Waals surface area (Å²) in [6.07, 6.45) is 0.171. The van der Waals surface area contributed by atoms with Gasteiger partial charge in [0.2, 0.25) is 0 Å². The quantitative estimate of drug-likeness (QED) is 0.599. The van der Waals surface area contributed by atoms with E-state index in [1.807, 2.05) is 6.07 Å². The highest BCUT2D eigenvalue weighted by molar-refractivity contribution is 4.72. The Morgan fingerprint density at radius 2 is 2.10 bits per heavy atom. The largest absolute Gasteiger partial charge is 0.393 e. The number of nitrogens with zero attached hydrogens (tertiary/aromatic N) is 1. The fourth-order valence-electron chi connectivity index (χ4n) is 0.743. The highest BCUT2D eigenvalue weighted by Gasteiger charge is 2.06. The molecule has 2 atom stereocenters. The highest BCUT2D eigenvalue weighted by Crippen LogP contribution is 2.03. The summed E-state index contributed by atoms with van der Waals surface area (Å²) in [7, 11) is 0. The molecule has 0 aliphatic heterocycles. The summed E-state index contributed by atoms with van der Waals surface area (Å²) in [5, 5.41) is 25.9. The molecule has 0 aromatic carbocycles. The minimum Gasteiger partial charge on any atom is -0.393 e. The lowest BCUT2D eigenvalue weighted by Crippen LogP contribution is -2.14. The normalized spacial score (nSPS) is 15.8. The number of aliphatic hydroxyl groups is 2. The molecule has 0 fully saturated rings. The first-order chi connectivity index (χ1) is 4.66. The summed E-state index contributed by atoms with van der Waals surface area (Å²) in [6, 6.07) is 1.93. The van der Waals surface area contributed by atoms with Crippen molar-refractivity contribution in [1.82, 2.24) is 0 Å². The van der Waals surface area contributed by atoms with Crippen LogP contribution in [0, 0.1) is 11.3 Å². The van der Waals surface area contributed by atoms with Gasteiger partial charge in [-0.25, -0.2) is 0 Å². The molecule has 0 saturated carbocycles. The molecule has 0 rings (SSSR count). The fourth-order valence-corrected chi connectivity index (χ4v) is 0.743. The van der Waals surface area contributed by atoms with E-state index < -0.39 is 12.2 Å². The number of rotatable bonds is 4. The molecular weight excluding hydrogens is 130 g/mol. The summed E-state index contributed by atoms with van der Waals surface area (Å²) in [4.78, 5) is 0. The smallest absolute Gasteiger partial charge is 0.0622 e. The van der Waals surface area contributed by atoms with Crippen LogP contribution in [0.15, 0.2) is 0 Å². The Balaban J connectivity index is 3.27. The Morgan fingerprint density at radius 3 is 2.50 bits per heavy atom. The fraction of sp³-hybridized carbons (Fsp3) is 0.857. The topological polar surface area (TPSA) is 64.2 Å². The second-order valence-electron chi connectivity index (χ2n) is 2.44. The molecule has 0 amide bonds. The summed E-state index contributed by atoms with van der Waals surface area (Å²) in [6.45, 7) is 1.62. The van der Waals surface area contributed by atoms with Gasteiger partial charge in [0.1, 0.15) is 0 Å². The zero-order valence-electron chi connectivity index (χ0n) is 6.12. The maximum absolute atomic E-state index is 9.04. The molecule has 2 N–H and O–H groups in total. The Kier molecular flexibility index (Phi) is 4.91. The first kappa shape index (κ1) is 9.41. The van der Waals surface area contributed by atoms with Crippen LogP contribution in [0.25, 0.3) is 0 Å². The van der Waals surface area contributed by atoms with E-state index in [4.69, 9.17) is 15.5 Å². The average Bonchev–Trinajstić information content (AvgIpc) is 1.82. The molecule has 0 aliphatic carbocycles. The zero-order chi connectivity index (χ0) is 7.98. The van der Waals surface area contributed by atoms with Crippen LogP contribution < -0.4 is 0 Å². The molecule has 0 aliphatic rings. The van der Waals surface area contributed by atoms with E-state index >= 15 is 0 Å². The van der Waals surface area contributed by atoms with E-state index in [2.05, 4.69) is 0 Å². The van der Waals surface area contributed by atoms with Crippen LogP contribution in [0.5, 0.6) is 0 Å². The van der Waals surface area contributed by atoms with Crippen molar-refractivity contribution in [3.05, 3.63) is 0 Å². The molecule has 3 nitrogen and oxygen atoms in total. The molecule has 0 saturated heterocycles. The van der Waals surface area contributed by atoms with Crippen LogP contribution in [-0.2, 0) is 0 Å². The zero-order valence-corrected chi connectivity index (χ0v) is 6.12. The maximum atomic E-state index is 9.04. The molecule has 3 heteroatoms. The lowest BCUT2D eigenvalue weighted by molar-refractivity contribution is 0.0861. The molecule has 0 aromatic heterocycles. The maximum Gasteiger partial charge on any atom is 0.0622 e. The van der Waals surface area contributed by atoms with E-state index in [0.29, 0.717) is 19.3 Å². The van der Waals surface area contributed by atoms with Gasteiger partial charge in [-0.1, -0.05) is 0 Å². The van der Waals surface area contributed by atoms with Gasteiger partial charge in [0.15, 0.2) is 0 Å². The van der Waals surface area contributed by atoms with Gasteiger partial charge in [-0.3, -0.25) is 0 Å². The monoisotopic (exact) mass is 143 g/mol. The number of nitriles is 1. The van der Waals surface area contributed by atoms with E-state index in [1.165, 1.54) is 0 Å². The Morgan fingerprint density at radius 1 is 1.50 bits per heavy atom. The molecule has 58 valence electrons. The van der Waals surface area contributed by atoms with Gasteiger partial charge < -0.3 is 10.2 Å². The molecule has 10 heavy (non-hydrogen) atoms. The van der Waals surface area contributed by atoms with Gasteiger partial charge in [-0.2, -0.15) is 5.26 Å². The van der Waals surface area contributed by atoms with Crippen LogP contribution in [-0.4, -0.2) is 22.4 Å². The molecule has 0 aromatic rings. The summed E-state index contributed by atoms with van der Waals surface area (Å²) in [5.74, 6) is 0. The van der Waals surface area contributed by atoms with Crippen molar-refractivity contribution in [2.75, 3.05) is 0 Å². The minimum absolute atomic E-state index is 0.355. The van der Waals surface area contributed by atoms with Crippen LogP contribution in [0.2, 0.25) is 0 Å². The van der Waals surface area contributed by atoms with Crippen LogP contribution in [0.1, 0.15) is 26.2 Å². The number of aliphatic hydroxyl groups excluding tert-OH is 2. The highest BCUT2D eigenvalue weighted by atomic mass is 16.3. The van der Waals surface area contributed by atoms with Crippen LogP contribution in [0.4, 0.5) is 0 Å². The number of hydrogen-bond acceptors (Lipinski definition) is 3. The molecule has 0 bridgehead atoms. The lowest BCUT2D eigenvalue weighted by Gasteiger charge is -2.09. The van der Waals surface area contributed by atoms with Crippen molar-refractivity contribution in [1.29, 1.82) is 5.26 Å². The molecular formula is C7H13NO2. The van der Waals surface area contributed by atoms with Crippen molar-refractivity contribution in [2.45, 2.75) is 38.4 Å². The van der Waals surface area contributed by atoms with E-state index in [-0.39, 0.29) is 0 Å². The molecule has 0 radical (unpaired) electrons. The second-order valence-corrected chi connectivity index (χ2v) is 2.44. The lowest BCUT2D eigenvalue weighted by atomic mass is 10.1. The third kappa shape index (κ3) is 5.54. The van der Waals surface area contributed by atoms with Crippen molar-refractivity contribution in [2.24, 2.45) is 0 Å². The third-order valence-corrected chi connectivity index (χ3v) is 1.20. The van der Waals surface area contributed by atoms with Crippen LogP contribution >= 0.6 is 0 Å². The van der Waals surface area contributed by atoms with Crippen molar-refractivity contribution >= 4 is 0 Å². The van der Waals surface area contributed by atoms with Gasteiger partial charge in [0.05, 0.1) is 18.3 Å². The predicted molar refractivity (Wildman–Crippen MR) is 37.2 cm³/mol. The van der Waals surface area contributed by atoms with Gasteiger partial charge in [0.25, 0.3) is 0 Å². The van der Waals surface area contributed by atoms with Gasteiger partial charge >= 0.3 is 0 Å². The van der Waals surface area contributed by atoms with Crippen molar-refractivity contribution in [3.63, 3.8) is 0 Å². The average molecular weight is 143 g/mol. The van der Waals surface area contributed by atoms with Gasteiger partial charge in [-0.15, -0.1) is 0 Å². The van der Waals surface area contributed by atoms with Crippen LogP contribution in [0.3, 0.4) is 0 Å². The van der Waals surface area contributed by atoms with E-state index in [9.17, 15) is 0 Å². The first-order valence-corrected chi connectivity index (χ1v) is 3.40. The van der Waals surface area contributed by atoms with E-state index in [0.717, 1.165) is 0 Å². The summed E-state index contributed by atoms with van der Waals surface area (Å²) >= 11 is 0. The summed E-state index contributed by atoms with van der Waals surface area (Å²) in [5.41, 5.74) is 0. The molecule has 0 unspecified atom stereocenters. The molecule has 0 heterocycles. The SMILES string of the molecule is C[C@H](O)C[C@H](O)CCC#N. The van der Waals surface area contributed by atoms with Crippen molar-refractivity contribution in [3.8, 4) is 6.07 Å². The van der Waals surface area contributed by atoms with Gasteiger partial charge in [-0.05, 0) is 19.8 Å². The Labute approximate surface area is 60.9 Å². The predicted octanol–water partition coefficient (Wildman–Crippen LogP) is 0.422. The number of hydrogen-bond donors (Lipinski definition) is 2. The first-order valence-electron chi connectivity index (χ1n) is 3.40. The minimum atomic E-state index is -0.528. The second kappa shape index (κ2) is 5.21. The van der Waals surface area contributed by atoms with Crippen molar-refractivity contribution < 1.29 is 10.2 Å². The Hall–Kier alpha value is -0.590. The Bertz CT molecular complexity index is 117. The standard InChI is InChI=1S/C7H13NO2/c1-6(9)5-7(10)3-2-4-8/h6-7,9-10H,2-3,5H2,1H3/t6-,7+/m0/s1. The van der Waals surface area contributed by atoms with E-state index in [1.54, 1.807) is 6.92 Å².